The van der Waals surface area contributed by atoms with E-state index in [0.29, 0.717) is 29.4 Å². The van der Waals surface area contributed by atoms with Gasteiger partial charge in [-0.1, -0.05) is 13.0 Å². The molecule has 2 aromatic carbocycles. The number of carbonyl (C=O) groups excluding carboxylic acids is 1. The summed E-state index contributed by atoms with van der Waals surface area (Å²) in [7, 11) is 3.04. The molecule has 26 heavy (non-hydrogen) atoms. The molecule has 2 rings (SSSR count). The van der Waals surface area contributed by atoms with Gasteiger partial charge in [0, 0.05) is 12.2 Å². The summed E-state index contributed by atoms with van der Waals surface area (Å²) < 4.78 is 16.2. The van der Waals surface area contributed by atoms with E-state index < -0.39 is 0 Å². The molecule has 2 aromatic rings. The highest BCUT2D eigenvalue weighted by Gasteiger charge is 2.18. The SMILES string of the molecule is CCCNCCOc1ccc(NC(=O)c2c(OC)cccc2OC)cc1. The van der Waals surface area contributed by atoms with Gasteiger partial charge in [0.15, 0.2) is 0 Å². The summed E-state index contributed by atoms with van der Waals surface area (Å²) in [5.41, 5.74) is 1.03. The fourth-order valence-electron chi connectivity index (χ4n) is 2.45. The van der Waals surface area contributed by atoms with Gasteiger partial charge in [-0.15, -0.1) is 0 Å². The van der Waals surface area contributed by atoms with E-state index in [1.54, 1.807) is 30.3 Å². The fourth-order valence-corrected chi connectivity index (χ4v) is 2.45. The smallest absolute Gasteiger partial charge is 0.263 e. The van der Waals surface area contributed by atoms with Crippen LogP contribution in [-0.2, 0) is 0 Å². The molecule has 140 valence electrons. The minimum absolute atomic E-state index is 0.295. The average Bonchev–Trinajstić information content (AvgIpc) is 2.68. The van der Waals surface area contributed by atoms with Gasteiger partial charge >= 0.3 is 0 Å². The van der Waals surface area contributed by atoms with Crippen LogP contribution in [0, 0.1) is 0 Å². The van der Waals surface area contributed by atoms with Crippen LogP contribution in [0.5, 0.6) is 17.2 Å². The van der Waals surface area contributed by atoms with Gasteiger partial charge in [-0.25, -0.2) is 0 Å². The molecule has 0 aliphatic heterocycles. The summed E-state index contributed by atoms with van der Waals surface area (Å²) in [6.07, 6.45) is 1.10. The van der Waals surface area contributed by atoms with Gasteiger partial charge in [0.25, 0.3) is 5.91 Å². The van der Waals surface area contributed by atoms with Crippen molar-refractivity contribution in [3.8, 4) is 17.2 Å². The molecular formula is C20H26N2O4. The zero-order valence-corrected chi connectivity index (χ0v) is 15.5. The molecule has 0 aromatic heterocycles. The fraction of sp³-hybridized carbons (Fsp3) is 0.350. The minimum atomic E-state index is -0.295. The lowest BCUT2D eigenvalue weighted by atomic mass is 10.1. The van der Waals surface area contributed by atoms with Gasteiger partial charge in [0.05, 0.1) is 14.2 Å². The van der Waals surface area contributed by atoms with Gasteiger partial charge in [-0.3, -0.25) is 4.79 Å². The highest BCUT2D eigenvalue weighted by molar-refractivity contribution is 6.08. The first-order valence-electron chi connectivity index (χ1n) is 8.65. The van der Waals surface area contributed by atoms with Crippen LogP contribution >= 0.6 is 0 Å². The van der Waals surface area contributed by atoms with Crippen LogP contribution in [0.1, 0.15) is 23.7 Å². The van der Waals surface area contributed by atoms with E-state index in [0.717, 1.165) is 25.3 Å². The van der Waals surface area contributed by atoms with Crippen molar-refractivity contribution in [1.82, 2.24) is 5.32 Å². The largest absolute Gasteiger partial charge is 0.496 e. The van der Waals surface area contributed by atoms with E-state index in [-0.39, 0.29) is 5.91 Å². The van der Waals surface area contributed by atoms with Crippen molar-refractivity contribution >= 4 is 11.6 Å². The third-order valence-corrected chi connectivity index (χ3v) is 3.74. The molecule has 0 heterocycles. The number of nitrogens with one attached hydrogen (secondary N) is 2. The first-order valence-corrected chi connectivity index (χ1v) is 8.65. The zero-order valence-electron chi connectivity index (χ0n) is 15.5. The Kier molecular flexibility index (Phi) is 7.76. The Bertz CT molecular complexity index is 679. The molecule has 0 spiro atoms. The maximum absolute atomic E-state index is 12.6. The number of hydrogen-bond donors (Lipinski definition) is 2. The van der Waals surface area contributed by atoms with Crippen LogP contribution in [-0.4, -0.2) is 39.8 Å². The van der Waals surface area contributed by atoms with E-state index in [1.807, 2.05) is 12.1 Å². The number of methoxy groups -OCH3 is 2. The van der Waals surface area contributed by atoms with Gasteiger partial charge in [0.2, 0.25) is 0 Å². The van der Waals surface area contributed by atoms with Crippen LogP contribution in [0.4, 0.5) is 5.69 Å². The normalized spacial score (nSPS) is 10.3. The van der Waals surface area contributed by atoms with Gasteiger partial charge in [0.1, 0.15) is 29.4 Å². The number of anilines is 1. The number of hydrogen-bond acceptors (Lipinski definition) is 5. The second kappa shape index (κ2) is 10.3. The van der Waals surface area contributed by atoms with E-state index in [4.69, 9.17) is 14.2 Å². The van der Waals surface area contributed by atoms with Crippen molar-refractivity contribution in [2.45, 2.75) is 13.3 Å². The van der Waals surface area contributed by atoms with E-state index in [1.165, 1.54) is 14.2 Å². The quantitative estimate of drug-likeness (QED) is 0.638. The topological polar surface area (TPSA) is 68.8 Å². The summed E-state index contributed by atoms with van der Waals surface area (Å²) in [6, 6.07) is 12.5. The summed E-state index contributed by atoms with van der Waals surface area (Å²) >= 11 is 0. The minimum Gasteiger partial charge on any atom is -0.496 e. The number of ether oxygens (including phenoxy) is 3. The molecule has 0 unspecified atom stereocenters. The van der Waals surface area contributed by atoms with E-state index >= 15 is 0 Å². The van der Waals surface area contributed by atoms with Crippen LogP contribution in [0.2, 0.25) is 0 Å². The first-order chi connectivity index (χ1) is 12.7. The Balaban J connectivity index is 1.98. The molecule has 0 saturated heterocycles. The number of rotatable bonds is 10. The molecule has 6 heteroatoms. The van der Waals surface area contributed by atoms with Crippen molar-refractivity contribution in [3.05, 3.63) is 48.0 Å². The molecule has 0 radical (unpaired) electrons. The Morgan fingerprint density at radius 1 is 0.962 bits per heavy atom. The predicted molar refractivity (Wildman–Crippen MR) is 103 cm³/mol. The maximum atomic E-state index is 12.6. The highest BCUT2D eigenvalue weighted by Crippen LogP contribution is 2.29. The average molecular weight is 358 g/mol. The molecule has 6 nitrogen and oxygen atoms in total. The Labute approximate surface area is 154 Å². The third-order valence-electron chi connectivity index (χ3n) is 3.74. The molecule has 0 bridgehead atoms. The maximum Gasteiger partial charge on any atom is 0.263 e. The van der Waals surface area contributed by atoms with Crippen molar-refractivity contribution < 1.29 is 19.0 Å². The highest BCUT2D eigenvalue weighted by atomic mass is 16.5. The molecular weight excluding hydrogens is 332 g/mol. The third kappa shape index (κ3) is 5.39. The number of benzene rings is 2. The van der Waals surface area contributed by atoms with Crippen LogP contribution < -0.4 is 24.8 Å². The van der Waals surface area contributed by atoms with E-state index in [9.17, 15) is 4.79 Å². The molecule has 0 saturated carbocycles. The molecule has 0 aliphatic carbocycles. The number of carbonyl (C=O) groups is 1. The summed E-state index contributed by atoms with van der Waals surface area (Å²) in [5.74, 6) is 1.38. The second-order valence-corrected chi connectivity index (χ2v) is 5.61. The van der Waals surface area contributed by atoms with Crippen molar-refractivity contribution in [2.75, 3.05) is 39.2 Å². The van der Waals surface area contributed by atoms with Gasteiger partial charge in [-0.05, 0) is 49.4 Å². The predicted octanol–water partition coefficient (Wildman–Crippen LogP) is 3.33. The Morgan fingerprint density at radius 2 is 1.62 bits per heavy atom. The van der Waals surface area contributed by atoms with Crippen LogP contribution in [0.15, 0.2) is 42.5 Å². The van der Waals surface area contributed by atoms with Crippen molar-refractivity contribution in [1.29, 1.82) is 0 Å². The van der Waals surface area contributed by atoms with Crippen LogP contribution in [0.3, 0.4) is 0 Å². The number of amides is 1. The van der Waals surface area contributed by atoms with E-state index in [2.05, 4.69) is 17.6 Å². The van der Waals surface area contributed by atoms with Gasteiger partial charge < -0.3 is 24.8 Å². The lowest BCUT2D eigenvalue weighted by molar-refractivity contribution is 0.102. The Morgan fingerprint density at radius 3 is 2.19 bits per heavy atom. The summed E-state index contributed by atoms with van der Waals surface area (Å²) in [5, 5.41) is 6.13. The lowest BCUT2D eigenvalue weighted by Gasteiger charge is -2.13. The first kappa shape index (κ1) is 19.6. The molecule has 0 aliphatic rings. The molecule has 0 fully saturated rings. The van der Waals surface area contributed by atoms with Crippen molar-refractivity contribution in [3.63, 3.8) is 0 Å². The molecule has 0 atom stereocenters. The molecule has 2 N–H and O–H groups in total. The molecule has 1 amide bonds. The summed E-state index contributed by atoms with van der Waals surface area (Å²) in [4.78, 5) is 12.6. The standard InChI is InChI=1S/C20H26N2O4/c1-4-12-21-13-14-26-16-10-8-15(9-11-16)22-20(23)19-17(24-2)6-5-7-18(19)25-3/h5-11,21H,4,12-14H2,1-3H3,(H,22,23). The van der Waals surface area contributed by atoms with Gasteiger partial charge in [-0.2, -0.15) is 0 Å². The van der Waals surface area contributed by atoms with Crippen LogP contribution in [0.25, 0.3) is 0 Å². The summed E-state index contributed by atoms with van der Waals surface area (Å²) in [6.45, 7) is 4.52. The zero-order chi connectivity index (χ0) is 18.8. The van der Waals surface area contributed by atoms with Crippen molar-refractivity contribution in [2.24, 2.45) is 0 Å². The Hall–Kier alpha value is -2.73. The second-order valence-electron chi connectivity index (χ2n) is 5.61. The monoisotopic (exact) mass is 358 g/mol. The lowest BCUT2D eigenvalue weighted by Crippen LogP contribution is -2.21.